The number of nitrogens with zero attached hydrogens (tertiary/aromatic N) is 2. The van der Waals surface area contributed by atoms with Crippen LogP contribution in [0.4, 0.5) is 39.2 Å². The van der Waals surface area contributed by atoms with Crippen molar-refractivity contribution in [2.24, 2.45) is 5.41 Å². The van der Waals surface area contributed by atoms with Crippen molar-refractivity contribution in [3.8, 4) is 0 Å². The third-order valence-corrected chi connectivity index (χ3v) is 7.20. The Bertz CT molecular complexity index is 1560. The fourth-order valence-corrected chi connectivity index (χ4v) is 4.88. The second kappa shape index (κ2) is 11.4. The molecule has 4 aromatic rings. The van der Waals surface area contributed by atoms with E-state index in [0.717, 1.165) is 54.6 Å². The number of carbonyl (C=O) groups is 3. The summed E-state index contributed by atoms with van der Waals surface area (Å²) < 4.78 is 70.7. The van der Waals surface area contributed by atoms with E-state index in [0.29, 0.717) is 11.3 Å². The summed E-state index contributed by atoms with van der Waals surface area (Å²) in [6.07, 6.45) is -0.522. The summed E-state index contributed by atoms with van der Waals surface area (Å²) in [5.41, 5.74) is -1.70. The smallest absolute Gasteiger partial charge is 0.270 e. The van der Waals surface area contributed by atoms with Crippen molar-refractivity contribution >= 4 is 34.8 Å². The van der Waals surface area contributed by atoms with Gasteiger partial charge in [0.15, 0.2) is 0 Å². The third kappa shape index (κ3) is 5.58. The summed E-state index contributed by atoms with van der Waals surface area (Å²) in [6.45, 7) is 0. The molecule has 6 nitrogen and oxygen atoms in total. The van der Waals surface area contributed by atoms with Crippen molar-refractivity contribution in [3.63, 3.8) is 0 Å². The molecule has 11 heteroatoms. The fraction of sp³-hybridized carbons (Fsp3) is 0.129. The second-order valence-electron chi connectivity index (χ2n) is 9.90. The van der Waals surface area contributed by atoms with Crippen LogP contribution in [0.15, 0.2) is 97.1 Å². The predicted molar refractivity (Wildman–Crippen MR) is 145 cm³/mol. The molecule has 0 spiro atoms. The average molecular weight is 580 g/mol. The number of hydrogen-bond donors (Lipinski definition) is 1. The van der Waals surface area contributed by atoms with Crippen LogP contribution in [0.5, 0.6) is 0 Å². The van der Waals surface area contributed by atoms with E-state index in [9.17, 15) is 27.6 Å². The third-order valence-electron chi connectivity index (χ3n) is 7.20. The van der Waals surface area contributed by atoms with Crippen LogP contribution in [0.25, 0.3) is 0 Å². The lowest BCUT2D eigenvalue weighted by atomic mass is 9.58. The zero-order valence-corrected chi connectivity index (χ0v) is 21.7. The molecule has 0 aliphatic heterocycles. The van der Waals surface area contributed by atoms with Gasteiger partial charge >= 0.3 is 0 Å². The Morgan fingerprint density at radius 2 is 1.17 bits per heavy atom. The molecule has 0 saturated heterocycles. The molecule has 0 unspecified atom stereocenters. The number of amides is 3. The Morgan fingerprint density at radius 1 is 0.667 bits per heavy atom. The number of anilines is 3. The first-order chi connectivity index (χ1) is 20.1. The standard InChI is InChI=1S/C31H22F5N3O3/c32-22-6-12-26(13-7-22)38(35)29(41)31(30(42)39(36)27-14-8-23(33)9-15-27)17-21(18-31)19-4-10-25(11-5-19)37-28(40)20-2-1-3-24(34)16-20/h1-16,21H,17-18H2,(H,37,40). The van der Waals surface area contributed by atoms with Crippen LogP contribution in [0.2, 0.25) is 0 Å². The van der Waals surface area contributed by atoms with E-state index in [1.54, 1.807) is 24.3 Å². The van der Waals surface area contributed by atoms with Gasteiger partial charge in [0, 0.05) is 11.3 Å². The van der Waals surface area contributed by atoms with E-state index in [1.165, 1.54) is 18.2 Å². The van der Waals surface area contributed by atoms with Gasteiger partial charge in [-0.05, 0) is 103 Å². The quantitative estimate of drug-likeness (QED) is 0.145. The molecule has 214 valence electrons. The zero-order valence-electron chi connectivity index (χ0n) is 21.7. The molecule has 3 amide bonds. The van der Waals surface area contributed by atoms with Crippen LogP contribution in [0, 0.1) is 22.9 Å². The van der Waals surface area contributed by atoms with Crippen LogP contribution in [-0.4, -0.2) is 17.7 Å². The van der Waals surface area contributed by atoms with E-state index in [1.807, 2.05) is 0 Å². The molecular weight excluding hydrogens is 557 g/mol. The van der Waals surface area contributed by atoms with Gasteiger partial charge in [0.05, 0.1) is 11.4 Å². The van der Waals surface area contributed by atoms with Crippen molar-refractivity contribution in [1.29, 1.82) is 0 Å². The highest BCUT2D eigenvalue weighted by Gasteiger charge is 2.60. The summed E-state index contributed by atoms with van der Waals surface area (Å²) in [5.74, 6) is -5.57. The molecule has 5 rings (SSSR count). The van der Waals surface area contributed by atoms with Gasteiger partial charge in [-0.25, -0.2) is 13.2 Å². The Balaban J connectivity index is 1.36. The molecule has 1 aliphatic carbocycles. The molecule has 0 aromatic heterocycles. The Morgan fingerprint density at radius 3 is 1.64 bits per heavy atom. The minimum absolute atomic E-state index is 0.119. The van der Waals surface area contributed by atoms with Crippen molar-refractivity contribution in [1.82, 2.24) is 0 Å². The highest BCUT2D eigenvalue weighted by molar-refractivity contribution is 6.16. The Hall–Kier alpha value is -5.06. The molecule has 0 bridgehead atoms. The topological polar surface area (TPSA) is 69.7 Å². The van der Waals surface area contributed by atoms with E-state index in [-0.39, 0.29) is 40.0 Å². The highest BCUT2D eigenvalue weighted by atomic mass is 19.2. The van der Waals surface area contributed by atoms with Crippen LogP contribution in [0.3, 0.4) is 0 Å². The van der Waals surface area contributed by atoms with E-state index >= 15 is 8.96 Å². The molecule has 1 fully saturated rings. The second-order valence-corrected chi connectivity index (χ2v) is 9.90. The van der Waals surface area contributed by atoms with Crippen LogP contribution < -0.4 is 15.6 Å². The number of halogens is 5. The number of carbonyl (C=O) groups excluding carboxylic acids is 3. The first-order valence-electron chi connectivity index (χ1n) is 12.8. The molecule has 0 atom stereocenters. The van der Waals surface area contributed by atoms with Crippen molar-refractivity contribution in [2.75, 3.05) is 15.6 Å². The highest BCUT2D eigenvalue weighted by Crippen LogP contribution is 2.54. The molecule has 1 aliphatic rings. The van der Waals surface area contributed by atoms with Gasteiger partial charge < -0.3 is 5.32 Å². The number of benzene rings is 4. The van der Waals surface area contributed by atoms with E-state index < -0.39 is 46.5 Å². The lowest BCUT2D eigenvalue weighted by molar-refractivity contribution is -0.151. The predicted octanol–water partition coefficient (Wildman–Crippen LogP) is 7.06. The minimum atomic E-state index is -2.15. The minimum Gasteiger partial charge on any atom is -0.322 e. The van der Waals surface area contributed by atoms with Gasteiger partial charge in [0.2, 0.25) is 0 Å². The maximum Gasteiger partial charge on any atom is 0.270 e. The summed E-state index contributed by atoms with van der Waals surface area (Å²) in [6, 6.07) is 19.3. The van der Waals surface area contributed by atoms with E-state index in [2.05, 4.69) is 5.32 Å². The maximum atomic E-state index is 15.3. The molecule has 0 radical (unpaired) electrons. The van der Waals surface area contributed by atoms with Gasteiger partial charge in [0.1, 0.15) is 22.9 Å². The fourth-order valence-electron chi connectivity index (χ4n) is 4.88. The molecule has 0 heterocycles. The first kappa shape index (κ1) is 28.5. The van der Waals surface area contributed by atoms with Gasteiger partial charge in [0.25, 0.3) is 17.7 Å². The lowest BCUT2D eigenvalue weighted by Gasteiger charge is -2.46. The first-order valence-corrected chi connectivity index (χ1v) is 12.8. The molecule has 1 N–H and O–H groups in total. The number of hydrogen-bond acceptors (Lipinski definition) is 3. The molecular formula is C31H22F5N3O3. The van der Waals surface area contributed by atoms with Crippen molar-refractivity contribution in [2.45, 2.75) is 18.8 Å². The molecule has 4 aromatic carbocycles. The Kier molecular flexibility index (Phi) is 7.75. The molecule has 42 heavy (non-hydrogen) atoms. The van der Waals surface area contributed by atoms with Crippen molar-refractivity contribution < 1.29 is 36.5 Å². The number of rotatable bonds is 7. The monoisotopic (exact) mass is 579 g/mol. The van der Waals surface area contributed by atoms with Gasteiger partial charge in [-0.3, -0.25) is 14.4 Å². The zero-order chi connectivity index (χ0) is 30.0. The summed E-state index contributed by atoms with van der Waals surface area (Å²) in [4.78, 5) is 39.2. The maximum absolute atomic E-state index is 15.3. The SMILES string of the molecule is O=C(Nc1ccc(C2CC(C(=O)N(F)c3ccc(F)cc3)(C(=O)N(F)c3ccc(F)cc3)C2)cc1)c1cccc(F)c1. The summed E-state index contributed by atoms with van der Waals surface area (Å²) in [7, 11) is 0. The summed E-state index contributed by atoms with van der Waals surface area (Å²) >= 11 is 0. The van der Waals surface area contributed by atoms with Gasteiger partial charge in [-0.15, -0.1) is 10.2 Å². The van der Waals surface area contributed by atoms with Gasteiger partial charge in [-0.2, -0.15) is 0 Å². The molecule has 1 saturated carbocycles. The van der Waals surface area contributed by atoms with Crippen LogP contribution in [-0.2, 0) is 9.59 Å². The normalized spacial score (nSPS) is 14.0. The largest absolute Gasteiger partial charge is 0.322 e. The lowest BCUT2D eigenvalue weighted by Crippen LogP contribution is -2.57. The van der Waals surface area contributed by atoms with Crippen molar-refractivity contribution in [3.05, 3.63) is 126 Å². The number of nitrogens with one attached hydrogen (secondary N) is 1. The van der Waals surface area contributed by atoms with Gasteiger partial charge in [-0.1, -0.05) is 27.2 Å². The summed E-state index contributed by atoms with van der Waals surface area (Å²) in [5, 5.41) is 2.02. The van der Waals surface area contributed by atoms with Crippen LogP contribution >= 0.6 is 0 Å². The van der Waals surface area contributed by atoms with E-state index in [4.69, 9.17) is 0 Å². The average Bonchev–Trinajstić information content (AvgIpc) is 2.97. The Labute approximate surface area is 236 Å². The van der Waals surface area contributed by atoms with Crippen LogP contribution in [0.1, 0.15) is 34.7 Å².